The van der Waals surface area contributed by atoms with Crippen LogP contribution in [-0.4, -0.2) is 45.7 Å². The molecule has 0 radical (unpaired) electrons. The van der Waals surface area contributed by atoms with Gasteiger partial charge in [0.15, 0.2) is 0 Å². The number of aromatic nitrogens is 2. The number of benzene rings is 2. The second-order valence-corrected chi connectivity index (χ2v) is 7.58. The Kier molecular flexibility index (Phi) is 4.74. The summed E-state index contributed by atoms with van der Waals surface area (Å²) in [5, 5.41) is 2.88. The van der Waals surface area contributed by atoms with Crippen molar-refractivity contribution in [1.29, 1.82) is 0 Å². The first-order valence-electron chi connectivity index (χ1n) is 10.2. The molecule has 156 valence electrons. The molecule has 0 aliphatic carbocycles. The van der Waals surface area contributed by atoms with E-state index in [1.54, 1.807) is 46.6 Å². The van der Waals surface area contributed by atoms with Gasteiger partial charge in [0.2, 0.25) is 5.91 Å². The molecule has 2 aromatic carbocycles. The number of H-pyrrole nitrogens is 1. The normalized spacial score (nSPS) is 16.7. The number of nitrogens with zero attached hydrogens (tertiary/aromatic N) is 3. The average Bonchev–Trinajstić information content (AvgIpc) is 3.41. The van der Waals surface area contributed by atoms with Crippen molar-refractivity contribution in [2.45, 2.75) is 19.0 Å². The summed E-state index contributed by atoms with van der Waals surface area (Å²) in [7, 11) is 0. The SMILES string of the molecule is O=C(CCN1C(=O)c2ccccc2N2C(=O)c3ccccc3[C@H]12)NCCc1cnc[nH]1. The maximum absolute atomic E-state index is 13.3. The molecule has 1 aromatic heterocycles. The van der Waals surface area contributed by atoms with E-state index in [1.165, 1.54) is 0 Å². The number of aromatic amines is 1. The van der Waals surface area contributed by atoms with Crippen molar-refractivity contribution >= 4 is 23.4 Å². The van der Waals surface area contributed by atoms with E-state index in [4.69, 9.17) is 0 Å². The molecule has 31 heavy (non-hydrogen) atoms. The highest BCUT2D eigenvalue weighted by Gasteiger charge is 2.47. The molecule has 8 nitrogen and oxygen atoms in total. The van der Waals surface area contributed by atoms with E-state index in [0.29, 0.717) is 29.8 Å². The average molecular weight is 415 g/mol. The van der Waals surface area contributed by atoms with E-state index < -0.39 is 6.17 Å². The van der Waals surface area contributed by atoms with Crippen LogP contribution in [0, 0.1) is 0 Å². The second-order valence-electron chi connectivity index (χ2n) is 7.58. The molecule has 0 saturated heterocycles. The van der Waals surface area contributed by atoms with Crippen LogP contribution in [0.5, 0.6) is 0 Å². The molecule has 0 fully saturated rings. The third kappa shape index (κ3) is 3.26. The van der Waals surface area contributed by atoms with Gasteiger partial charge in [0.1, 0.15) is 6.17 Å². The lowest BCUT2D eigenvalue weighted by atomic mass is 10.0. The summed E-state index contributed by atoms with van der Waals surface area (Å²) in [5.74, 6) is -0.448. The van der Waals surface area contributed by atoms with Crippen LogP contribution in [0.3, 0.4) is 0 Å². The monoisotopic (exact) mass is 415 g/mol. The predicted octanol–water partition coefficient (Wildman–Crippen LogP) is 2.27. The van der Waals surface area contributed by atoms with Gasteiger partial charge in [0, 0.05) is 48.9 Å². The molecule has 0 spiro atoms. The first kappa shape index (κ1) is 19.0. The minimum absolute atomic E-state index is 0.130. The van der Waals surface area contributed by atoms with Crippen molar-refractivity contribution in [3.63, 3.8) is 0 Å². The lowest BCUT2D eigenvalue weighted by molar-refractivity contribution is -0.121. The molecule has 3 amide bonds. The fourth-order valence-corrected chi connectivity index (χ4v) is 4.27. The minimum Gasteiger partial charge on any atom is -0.356 e. The molecule has 0 bridgehead atoms. The van der Waals surface area contributed by atoms with Gasteiger partial charge in [-0.05, 0) is 18.2 Å². The quantitative estimate of drug-likeness (QED) is 0.645. The second kappa shape index (κ2) is 7.71. The van der Waals surface area contributed by atoms with Gasteiger partial charge in [0.05, 0.1) is 17.6 Å². The zero-order chi connectivity index (χ0) is 21.4. The molecule has 0 saturated carbocycles. The van der Waals surface area contributed by atoms with E-state index in [1.807, 2.05) is 24.3 Å². The summed E-state index contributed by atoms with van der Waals surface area (Å²) in [5.41, 5.74) is 3.40. The number of hydrogen-bond acceptors (Lipinski definition) is 4. The van der Waals surface area contributed by atoms with Gasteiger partial charge in [-0.1, -0.05) is 30.3 Å². The zero-order valence-electron chi connectivity index (χ0n) is 16.7. The maximum Gasteiger partial charge on any atom is 0.260 e. The molecular formula is C23H21N5O3. The van der Waals surface area contributed by atoms with Crippen molar-refractivity contribution in [3.05, 3.63) is 83.4 Å². The molecule has 3 heterocycles. The Balaban J connectivity index is 1.36. The van der Waals surface area contributed by atoms with Crippen molar-refractivity contribution in [2.24, 2.45) is 0 Å². The van der Waals surface area contributed by atoms with Crippen molar-refractivity contribution in [1.82, 2.24) is 20.2 Å². The molecule has 5 rings (SSSR count). The Bertz CT molecular complexity index is 1160. The standard InChI is InChI=1S/C23H21N5O3/c29-20(25-11-9-15-13-24-14-26-15)10-12-27-21-16-5-1-2-6-17(16)23(31)28(21)19-8-4-3-7-18(19)22(27)30/h1-8,13-14,21H,9-12H2,(H,24,26)(H,25,29)/t21-/m1/s1. The molecule has 3 aromatic rings. The van der Waals surface area contributed by atoms with Gasteiger partial charge in [-0.15, -0.1) is 0 Å². The van der Waals surface area contributed by atoms with Gasteiger partial charge in [0.25, 0.3) is 11.8 Å². The highest BCUT2D eigenvalue weighted by Crippen LogP contribution is 2.45. The van der Waals surface area contributed by atoms with Gasteiger partial charge in [-0.25, -0.2) is 4.98 Å². The summed E-state index contributed by atoms with van der Waals surface area (Å²) in [4.78, 5) is 49.1. The van der Waals surface area contributed by atoms with Crippen LogP contribution in [0.15, 0.2) is 61.1 Å². The number of carbonyl (C=O) groups is 3. The summed E-state index contributed by atoms with van der Waals surface area (Å²) >= 11 is 0. The predicted molar refractivity (Wildman–Crippen MR) is 113 cm³/mol. The number of imidazole rings is 1. The molecule has 1 atom stereocenters. The third-order valence-electron chi connectivity index (χ3n) is 5.73. The van der Waals surface area contributed by atoms with Crippen LogP contribution in [0.4, 0.5) is 5.69 Å². The smallest absolute Gasteiger partial charge is 0.260 e. The third-order valence-corrected chi connectivity index (χ3v) is 5.73. The van der Waals surface area contributed by atoms with Gasteiger partial charge < -0.3 is 15.2 Å². The fraction of sp³-hybridized carbons (Fsp3) is 0.217. The van der Waals surface area contributed by atoms with Gasteiger partial charge in [-0.2, -0.15) is 0 Å². The van der Waals surface area contributed by atoms with E-state index in [9.17, 15) is 14.4 Å². The lowest BCUT2D eigenvalue weighted by Gasteiger charge is -2.40. The van der Waals surface area contributed by atoms with Gasteiger partial charge in [-0.3, -0.25) is 19.3 Å². The summed E-state index contributed by atoms with van der Waals surface area (Å²) in [6.07, 6.45) is 3.59. The number of hydrogen-bond donors (Lipinski definition) is 2. The van der Waals surface area contributed by atoms with Crippen LogP contribution in [0.1, 0.15) is 44.6 Å². The van der Waals surface area contributed by atoms with Crippen molar-refractivity contribution in [3.8, 4) is 0 Å². The van der Waals surface area contributed by atoms with E-state index >= 15 is 0 Å². The number of amides is 3. The van der Waals surface area contributed by atoms with Crippen LogP contribution in [-0.2, 0) is 11.2 Å². The number of rotatable bonds is 6. The summed E-state index contributed by atoms with van der Waals surface area (Å²) in [6.45, 7) is 0.695. The molecule has 0 unspecified atom stereocenters. The highest BCUT2D eigenvalue weighted by molar-refractivity contribution is 6.16. The number of carbonyl (C=O) groups excluding carboxylic acids is 3. The highest BCUT2D eigenvalue weighted by atomic mass is 16.2. The fourth-order valence-electron chi connectivity index (χ4n) is 4.27. The van der Waals surface area contributed by atoms with Crippen LogP contribution < -0.4 is 10.2 Å². The van der Waals surface area contributed by atoms with Gasteiger partial charge >= 0.3 is 0 Å². The zero-order valence-corrected chi connectivity index (χ0v) is 16.7. The lowest BCUT2D eigenvalue weighted by Crippen LogP contribution is -2.49. The topological polar surface area (TPSA) is 98.4 Å². The van der Waals surface area contributed by atoms with Crippen LogP contribution >= 0.6 is 0 Å². The van der Waals surface area contributed by atoms with E-state index in [2.05, 4.69) is 15.3 Å². The number of para-hydroxylation sites is 1. The molecule has 2 aliphatic rings. The van der Waals surface area contributed by atoms with E-state index in [-0.39, 0.29) is 30.7 Å². The van der Waals surface area contributed by atoms with Crippen molar-refractivity contribution < 1.29 is 14.4 Å². The summed E-state index contributed by atoms with van der Waals surface area (Å²) in [6, 6.07) is 14.5. The number of fused-ring (bicyclic) bond motifs is 5. The van der Waals surface area contributed by atoms with E-state index in [0.717, 1.165) is 11.3 Å². The van der Waals surface area contributed by atoms with Crippen LogP contribution in [0.2, 0.25) is 0 Å². The Morgan fingerprint density at radius 1 is 1.03 bits per heavy atom. The largest absolute Gasteiger partial charge is 0.356 e. The van der Waals surface area contributed by atoms with Crippen LogP contribution in [0.25, 0.3) is 0 Å². The summed E-state index contributed by atoms with van der Waals surface area (Å²) < 4.78 is 0. The Morgan fingerprint density at radius 3 is 2.61 bits per heavy atom. The first-order valence-corrected chi connectivity index (χ1v) is 10.2. The molecule has 8 heteroatoms. The number of nitrogens with one attached hydrogen (secondary N) is 2. The first-order chi connectivity index (χ1) is 15.1. The Hall–Kier alpha value is -3.94. The molecular weight excluding hydrogens is 394 g/mol. The van der Waals surface area contributed by atoms with Crippen molar-refractivity contribution in [2.75, 3.05) is 18.0 Å². The Labute approximate surface area is 178 Å². The maximum atomic E-state index is 13.3. The minimum atomic E-state index is -0.538. The molecule has 2 aliphatic heterocycles. The Morgan fingerprint density at radius 2 is 1.81 bits per heavy atom. The number of anilines is 1. The molecule has 2 N–H and O–H groups in total.